The van der Waals surface area contributed by atoms with E-state index in [1.165, 1.54) is 11.1 Å². The molecule has 1 N–H and O–H groups in total. The molecule has 3 heteroatoms. The lowest BCUT2D eigenvalue weighted by atomic mass is 9.98. The van der Waals surface area contributed by atoms with Gasteiger partial charge in [-0.2, -0.15) is 0 Å². The predicted octanol–water partition coefficient (Wildman–Crippen LogP) is 3.75. The van der Waals surface area contributed by atoms with Crippen molar-refractivity contribution >= 4 is 11.6 Å². The normalized spacial score (nSPS) is 12.2. The van der Waals surface area contributed by atoms with Crippen LogP contribution in [-0.4, -0.2) is 10.5 Å². The van der Waals surface area contributed by atoms with Crippen LogP contribution in [0.25, 0.3) is 0 Å². The summed E-state index contributed by atoms with van der Waals surface area (Å²) >= 11 is 5.92. The van der Waals surface area contributed by atoms with Gasteiger partial charge in [0.25, 0.3) is 0 Å². The highest BCUT2D eigenvalue weighted by atomic mass is 35.5. The fourth-order valence-corrected chi connectivity index (χ4v) is 1.68. The van der Waals surface area contributed by atoms with Gasteiger partial charge in [0.2, 0.25) is 0 Å². The van der Waals surface area contributed by atoms with Crippen LogP contribution in [0.15, 0.2) is 12.3 Å². The zero-order chi connectivity index (χ0) is 12.3. The molecular weight excluding hydrogens is 220 g/mol. The van der Waals surface area contributed by atoms with Crippen LogP contribution in [0.1, 0.15) is 51.7 Å². The molecule has 1 heterocycles. The average molecular weight is 241 g/mol. The van der Waals surface area contributed by atoms with E-state index in [0.717, 1.165) is 6.54 Å². The monoisotopic (exact) mass is 240 g/mol. The van der Waals surface area contributed by atoms with Gasteiger partial charge in [-0.05, 0) is 43.9 Å². The number of hydrogen-bond donors (Lipinski definition) is 1. The first-order valence-electron chi connectivity index (χ1n) is 5.69. The number of halogens is 1. The molecule has 0 aliphatic rings. The van der Waals surface area contributed by atoms with Crippen LogP contribution in [0.5, 0.6) is 0 Å². The van der Waals surface area contributed by atoms with Gasteiger partial charge < -0.3 is 5.32 Å². The molecule has 0 aliphatic heterocycles. The zero-order valence-electron chi connectivity index (χ0n) is 10.8. The van der Waals surface area contributed by atoms with Gasteiger partial charge >= 0.3 is 0 Å². The summed E-state index contributed by atoms with van der Waals surface area (Å²) < 4.78 is 0. The molecule has 0 saturated heterocycles. The zero-order valence-corrected chi connectivity index (χ0v) is 11.5. The molecule has 0 unspecified atom stereocenters. The number of hydrogen-bond acceptors (Lipinski definition) is 2. The molecule has 0 spiro atoms. The summed E-state index contributed by atoms with van der Waals surface area (Å²) in [6.45, 7) is 11.7. The Balaban J connectivity index is 2.87. The number of nitrogens with zero attached hydrogens (tertiary/aromatic N) is 1. The molecule has 1 rings (SSSR count). The van der Waals surface area contributed by atoms with Gasteiger partial charge in [-0.1, -0.05) is 25.4 Å². The summed E-state index contributed by atoms with van der Waals surface area (Å²) in [6, 6.07) is 1.96. The highest BCUT2D eigenvalue weighted by Crippen LogP contribution is 2.22. The lowest BCUT2D eigenvalue weighted by Gasteiger charge is -2.22. The summed E-state index contributed by atoms with van der Waals surface area (Å²) in [4.78, 5) is 4.15. The third-order valence-corrected chi connectivity index (χ3v) is 2.63. The Morgan fingerprint density at radius 1 is 1.38 bits per heavy atom. The van der Waals surface area contributed by atoms with E-state index >= 15 is 0 Å². The van der Waals surface area contributed by atoms with Crippen molar-refractivity contribution < 1.29 is 0 Å². The molecule has 0 aliphatic carbocycles. The number of pyridine rings is 1. The second-order valence-corrected chi connectivity index (χ2v) is 5.85. The maximum Gasteiger partial charge on any atom is 0.129 e. The molecule has 1 aromatic rings. The van der Waals surface area contributed by atoms with E-state index in [-0.39, 0.29) is 5.54 Å². The maximum atomic E-state index is 5.92. The summed E-state index contributed by atoms with van der Waals surface area (Å²) in [7, 11) is 0. The predicted molar refractivity (Wildman–Crippen MR) is 69.9 cm³/mol. The molecule has 0 saturated carbocycles. The third-order valence-electron chi connectivity index (χ3n) is 2.42. The van der Waals surface area contributed by atoms with Gasteiger partial charge in [-0.15, -0.1) is 0 Å². The molecule has 0 radical (unpaired) electrons. The lowest BCUT2D eigenvalue weighted by Crippen LogP contribution is -2.35. The van der Waals surface area contributed by atoms with Gasteiger partial charge in [-0.3, -0.25) is 0 Å². The van der Waals surface area contributed by atoms with Crippen molar-refractivity contribution in [3.63, 3.8) is 0 Å². The SMILES string of the molecule is CC(C)c1cc(Cl)ncc1CNC(C)(C)C. The van der Waals surface area contributed by atoms with Gasteiger partial charge in [0.15, 0.2) is 0 Å². The molecular formula is C13H21ClN2. The van der Waals surface area contributed by atoms with E-state index in [2.05, 4.69) is 44.9 Å². The van der Waals surface area contributed by atoms with E-state index in [1.54, 1.807) is 0 Å². The molecule has 16 heavy (non-hydrogen) atoms. The molecule has 0 aromatic carbocycles. The average Bonchev–Trinajstić information content (AvgIpc) is 2.14. The molecule has 0 bridgehead atoms. The molecule has 90 valence electrons. The second kappa shape index (κ2) is 5.15. The minimum atomic E-state index is 0.119. The lowest BCUT2D eigenvalue weighted by molar-refractivity contribution is 0.422. The van der Waals surface area contributed by atoms with Crippen LogP contribution in [-0.2, 0) is 6.54 Å². The Hall–Kier alpha value is -0.600. The van der Waals surface area contributed by atoms with Gasteiger partial charge in [0, 0.05) is 18.3 Å². The van der Waals surface area contributed by atoms with E-state index in [4.69, 9.17) is 11.6 Å². The van der Waals surface area contributed by atoms with Crippen molar-refractivity contribution in [2.75, 3.05) is 0 Å². The summed E-state index contributed by atoms with van der Waals surface area (Å²) in [5, 5.41) is 4.04. The Labute approximate surface area is 103 Å². The third kappa shape index (κ3) is 4.11. The Morgan fingerprint density at radius 3 is 2.50 bits per heavy atom. The van der Waals surface area contributed by atoms with E-state index in [0.29, 0.717) is 11.1 Å². The number of nitrogens with one attached hydrogen (secondary N) is 1. The first-order chi connectivity index (χ1) is 7.29. The van der Waals surface area contributed by atoms with Crippen LogP contribution in [0.2, 0.25) is 5.15 Å². The first kappa shape index (κ1) is 13.5. The van der Waals surface area contributed by atoms with Crippen LogP contribution >= 0.6 is 11.6 Å². The van der Waals surface area contributed by atoms with Crippen molar-refractivity contribution in [3.05, 3.63) is 28.5 Å². The van der Waals surface area contributed by atoms with Gasteiger partial charge in [0.05, 0.1) is 0 Å². The summed E-state index contributed by atoms with van der Waals surface area (Å²) in [6.07, 6.45) is 1.87. The van der Waals surface area contributed by atoms with E-state index in [1.807, 2.05) is 12.3 Å². The Morgan fingerprint density at radius 2 is 2.00 bits per heavy atom. The van der Waals surface area contributed by atoms with E-state index < -0.39 is 0 Å². The highest BCUT2D eigenvalue weighted by Gasteiger charge is 2.12. The van der Waals surface area contributed by atoms with Crippen molar-refractivity contribution in [3.8, 4) is 0 Å². The van der Waals surface area contributed by atoms with Crippen molar-refractivity contribution in [1.29, 1.82) is 0 Å². The summed E-state index contributed by atoms with van der Waals surface area (Å²) in [5.74, 6) is 0.470. The molecule has 0 fully saturated rings. The number of aromatic nitrogens is 1. The Bertz CT molecular complexity index is 353. The largest absolute Gasteiger partial charge is 0.308 e. The van der Waals surface area contributed by atoms with Crippen LogP contribution in [0, 0.1) is 0 Å². The van der Waals surface area contributed by atoms with Gasteiger partial charge in [-0.25, -0.2) is 4.98 Å². The number of rotatable bonds is 3. The first-order valence-corrected chi connectivity index (χ1v) is 6.07. The maximum absolute atomic E-state index is 5.92. The summed E-state index contributed by atoms with van der Waals surface area (Å²) in [5.41, 5.74) is 2.62. The molecule has 2 nitrogen and oxygen atoms in total. The van der Waals surface area contributed by atoms with Crippen molar-refractivity contribution in [1.82, 2.24) is 10.3 Å². The molecule has 0 atom stereocenters. The van der Waals surface area contributed by atoms with E-state index in [9.17, 15) is 0 Å². The fourth-order valence-electron chi connectivity index (χ4n) is 1.52. The molecule has 1 aromatic heterocycles. The minimum absolute atomic E-state index is 0.119. The van der Waals surface area contributed by atoms with Crippen LogP contribution < -0.4 is 5.32 Å². The smallest absolute Gasteiger partial charge is 0.129 e. The second-order valence-electron chi connectivity index (χ2n) is 5.46. The fraction of sp³-hybridized carbons (Fsp3) is 0.615. The minimum Gasteiger partial charge on any atom is -0.308 e. The van der Waals surface area contributed by atoms with Gasteiger partial charge in [0.1, 0.15) is 5.15 Å². The topological polar surface area (TPSA) is 24.9 Å². The Kier molecular flexibility index (Phi) is 4.34. The van der Waals surface area contributed by atoms with Crippen molar-refractivity contribution in [2.45, 2.75) is 52.6 Å². The standard InChI is InChI=1S/C13H21ClN2/c1-9(2)11-6-12(14)15-7-10(11)8-16-13(3,4)5/h6-7,9,16H,8H2,1-5H3. The van der Waals surface area contributed by atoms with Crippen LogP contribution in [0.4, 0.5) is 0 Å². The molecule has 0 amide bonds. The quantitative estimate of drug-likeness (QED) is 0.814. The van der Waals surface area contributed by atoms with Crippen LogP contribution in [0.3, 0.4) is 0 Å². The highest BCUT2D eigenvalue weighted by molar-refractivity contribution is 6.29. The van der Waals surface area contributed by atoms with Crippen molar-refractivity contribution in [2.24, 2.45) is 0 Å².